The molecule has 3 fully saturated rings. The van der Waals surface area contributed by atoms with Crippen molar-refractivity contribution in [3.63, 3.8) is 0 Å². The van der Waals surface area contributed by atoms with E-state index in [2.05, 4.69) is 10.2 Å². The van der Waals surface area contributed by atoms with Crippen molar-refractivity contribution in [1.82, 2.24) is 10.2 Å². The van der Waals surface area contributed by atoms with Crippen LogP contribution in [0.3, 0.4) is 0 Å². The zero-order valence-electron chi connectivity index (χ0n) is 14.0. The number of carbonyl (C=O) groups is 1. The molecule has 0 aromatic carbocycles. The first-order valence-electron chi connectivity index (χ1n) is 8.78. The van der Waals surface area contributed by atoms with Gasteiger partial charge in [0.2, 0.25) is 0 Å². The van der Waals surface area contributed by atoms with E-state index in [1.54, 1.807) is 7.11 Å². The standard InChI is InChI=1S/C17H30N2O3/c1-17(21-2,14-3-4-14)16(20)18-15-5-8-19(9-6-15)11-13-7-10-22-12-13/h13-15H,3-12H2,1-2H3,(H,18,20). The van der Waals surface area contributed by atoms with Crippen molar-refractivity contribution in [3.8, 4) is 0 Å². The molecular formula is C17H30N2O3. The van der Waals surface area contributed by atoms with Crippen LogP contribution in [0.4, 0.5) is 0 Å². The highest BCUT2D eigenvalue weighted by Gasteiger charge is 2.48. The van der Waals surface area contributed by atoms with E-state index in [1.807, 2.05) is 6.92 Å². The molecule has 1 saturated carbocycles. The quantitative estimate of drug-likeness (QED) is 0.806. The molecule has 2 unspecified atom stereocenters. The molecule has 3 aliphatic rings. The Kier molecular flexibility index (Phi) is 5.05. The van der Waals surface area contributed by atoms with Gasteiger partial charge in [0.25, 0.3) is 5.91 Å². The summed E-state index contributed by atoms with van der Waals surface area (Å²) in [4.78, 5) is 15.1. The van der Waals surface area contributed by atoms with Gasteiger partial charge in [-0.15, -0.1) is 0 Å². The summed E-state index contributed by atoms with van der Waals surface area (Å²) in [5.74, 6) is 1.19. The Hall–Kier alpha value is -0.650. The van der Waals surface area contributed by atoms with Crippen LogP contribution in [0.2, 0.25) is 0 Å². The van der Waals surface area contributed by atoms with Gasteiger partial charge in [0.15, 0.2) is 0 Å². The molecule has 1 amide bonds. The van der Waals surface area contributed by atoms with E-state index in [0.717, 1.165) is 58.5 Å². The number of hydrogen-bond acceptors (Lipinski definition) is 4. The van der Waals surface area contributed by atoms with E-state index in [9.17, 15) is 4.79 Å². The highest BCUT2D eigenvalue weighted by Crippen LogP contribution is 2.41. The molecule has 1 aliphatic carbocycles. The molecule has 1 N–H and O–H groups in total. The lowest BCUT2D eigenvalue weighted by atomic mass is 9.96. The van der Waals surface area contributed by atoms with Gasteiger partial charge >= 0.3 is 0 Å². The van der Waals surface area contributed by atoms with Gasteiger partial charge in [-0.3, -0.25) is 4.79 Å². The van der Waals surface area contributed by atoms with Crippen molar-refractivity contribution in [2.24, 2.45) is 11.8 Å². The number of amides is 1. The van der Waals surface area contributed by atoms with Crippen LogP contribution >= 0.6 is 0 Å². The van der Waals surface area contributed by atoms with E-state index < -0.39 is 5.60 Å². The van der Waals surface area contributed by atoms with Crippen LogP contribution in [0.25, 0.3) is 0 Å². The van der Waals surface area contributed by atoms with Crippen molar-refractivity contribution >= 4 is 5.91 Å². The molecule has 2 heterocycles. The first kappa shape index (κ1) is 16.2. The summed E-state index contributed by atoms with van der Waals surface area (Å²) in [6.07, 6.45) is 5.51. The fourth-order valence-electron chi connectivity index (χ4n) is 3.76. The molecule has 0 radical (unpaired) electrons. The van der Waals surface area contributed by atoms with Crippen molar-refractivity contribution in [3.05, 3.63) is 0 Å². The average Bonchev–Trinajstić information content (AvgIpc) is 3.27. The lowest BCUT2D eigenvalue weighted by Gasteiger charge is -2.35. The van der Waals surface area contributed by atoms with Gasteiger partial charge in [-0.05, 0) is 50.9 Å². The number of carbonyl (C=O) groups excluding carboxylic acids is 1. The molecule has 126 valence electrons. The van der Waals surface area contributed by atoms with Crippen LogP contribution < -0.4 is 5.32 Å². The van der Waals surface area contributed by atoms with E-state index in [-0.39, 0.29) is 5.91 Å². The maximum atomic E-state index is 12.5. The number of ether oxygens (including phenoxy) is 2. The summed E-state index contributed by atoms with van der Waals surface area (Å²) >= 11 is 0. The highest BCUT2D eigenvalue weighted by atomic mass is 16.5. The first-order valence-corrected chi connectivity index (χ1v) is 8.78. The van der Waals surface area contributed by atoms with Gasteiger partial charge < -0.3 is 19.7 Å². The zero-order valence-corrected chi connectivity index (χ0v) is 14.0. The Balaban J connectivity index is 1.42. The minimum Gasteiger partial charge on any atom is -0.381 e. The van der Waals surface area contributed by atoms with E-state index in [4.69, 9.17) is 9.47 Å². The maximum Gasteiger partial charge on any atom is 0.252 e. The Labute approximate surface area is 133 Å². The predicted octanol–water partition coefficient (Wildman–Crippen LogP) is 1.42. The summed E-state index contributed by atoms with van der Waals surface area (Å²) in [5.41, 5.74) is -0.627. The number of rotatable bonds is 6. The van der Waals surface area contributed by atoms with Gasteiger partial charge in [0, 0.05) is 39.4 Å². The number of nitrogens with one attached hydrogen (secondary N) is 1. The van der Waals surface area contributed by atoms with Crippen molar-refractivity contribution in [1.29, 1.82) is 0 Å². The molecular weight excluding hydrogens is 280 g/mol. The van der Waals surface area contributed by atoms with Crippen LogP contribution in [0.15, 0.2) is 0 Å². The van der Waals surface area contributed by atoms with E-state index in [0.29, 0.717) is 17.9 Å². The smallest absolute Gasteiger partial charge is 0.252 e. The summed E-state index contributed by atoms with van der Waals surface area (Å²) in [7, 11) is 1.66. The molecule has 0 bridgehead atoms. The summed E-state index contributed by atoms with van der Waals surface area (Å²) in [6.45, 7) is 7.09. The molecule has 2 atom stereocenters. The Morgan fingerprint density at radius 2 is 2.00 bits per heavy atom. The Bertz CT molecular complexity index is 385. The number of likely N-dealkylation sites (tertiary alicyclic amines) is 1. The van der Waals surface area contributed by atoms with Crippen molar-refractivity contribution < 1.29 is 14.3 Å². The molecule has 0 spiro atoms. The van der Waals surface area contributed by atoms with E-state index in [1.165, 1.54) is 6.42 Å². The van der Waals surface area contributed by atoms with Gasteiger partial charge in [0.1, 0.15) is 5.60 Å². The van der Waals surface area contributed by atoms with Gasteiger partial charge in [0.05, 0.1) is 6.61 Å². The Morgan fingerprint density at radius 3 is 2.55 bits per heavy atom. The third kappa shape index (κ3) is 3.63. The highest BCUT2D eigenvalue weighted by molar-refractivity contribution is 5.85. The second-order valence-corrected chi connectivity index (χ2v) is 7.36. The summed E-state index contributed by atoms with van der Waals surface area (Å²) in [6, 6.07) is 0.303. The van der Waals surface area contributed by atoms with Crippen molar-refractivity contribution in [2.45, 2.75) is 50.7 Å². The average molecular weight is 310 g/mol. The second-order valence-electron chi connectivity index (χ2n) is 7.36. The van der Waals surface area contributed by atoms with E-state index >= 15 is 0 Å². The van der Waals surface area contributed by atoms with Crippen LogP contribution in [-0.4, -0.2) is 62.4 Å². The van der Waals surface area contributed by atoms with Crippen LogP contribution in [0.1, 0.15) is 39.0 Å². The van der Waals surface area contributed by atoms with Gasteiger partial charge in [-0.25, -0.2) is 0 Å². The van der Waals surface area contributed by atoms with Crippen LogP contribution in [0.5, 0.6) is 0 Å². The largest absolute Gasteiger partial charge is 0.381 e. The molecule has 2 aliphatic heterocycles. The number of nitrogens with zero attached hydrogens (tertiary/aromatic N) is 1. The SMILES string of the molecule is COC(C)(C(=O)NC1CCN(CC2CCOC2)CC1)C1CC1. The number of piperidine rings is 1. The summed E-state index contributed by atoms with van der Waals surface area (Å²) < 4.78 is 11.0. The second kappa shape index (κ2) is 6.85. The van der Waals surface area contributed by atoms with Gasteiger partial charge in [-0.1, -0.05) is 0 Å². The number of hydrogen-bond donors (Lipinski definition) is 1. The predicted molar refractivity (Wildman–Crippen MR) is 84.7 cm³/mol. The maximum absolute atomic E-state index is 12.5. The molecule has 5 nitrogen and oxygen atoms in total. The molecule has 5 heteroatoms. The number of methoxy groups -OCH3 is 1. The molecule has 2 saturated heterocycles. The molecule has 0 aromatic rings. The minimum absolute atomic E-state index is 0.0835. The van der Waals surface area contributed by atoms with Crippen molar-refractivity contribution in [2.75, 3.05) is 40.0 Å². The normalized spacial score (nSPS) is 30.2. The first-order chi connectivity index (χ1) is 10.6. The van der Waals surface area contributed by atoms with Gasteiger partial charge in [-0.2, -0.15) is 0 Å². The van der Waals surface area contributed by atoms with Crippen LogP contribution in [0, 0.1) is 11.8 Å². The monoisotopic (exact) mass is 310 g/mol. The molecule has 0 aromatic heterocycles. The lowest BCUT2D eigenvalue weighted by Crippen LogP contribution is -2.53. The third-order valence-electron chi connectivity index (χ3n) is 5.69. The third-order valence-corrected chi connectivity index (χ3v) is 5.69. The lowest BCUT2D eigenvalue weighted by molar-refractivity contribution is -0.145. The Morgan fingerprint density at radius 1 is 1.27 bits per heavy atom. The fourth-order valence-corrected chi connectivity index (χ4v) is 3.76. The topological polar surface area (TPSA) is 50.8 Å². The van der Waals surface area contributed by atoms with Crippen LogP contribution in [-0.2, 0) is 14.3 Å². The molecule has 3 rings (SSSR count). The summed E-state index contributed by atoms with van der Waals surface area (Å²) in [5, 5.41) is 3.23. The molecule has 22 heavy (non-hydrogen) atoms. The minimum atomic E-state index is -0.627. The zero-order chi connectivity index (χ0) is 15.6. The fraction of sp³-hybridized carbons (Fsp3) is 0.941.